The largest absolute Gasteiger partial charge is 0.381 e. The van der Waals surface area contributed by atoms with E-state index in [0.717, 1.165) is 9.88 Å². The van der Waals surface area contributed by atoms with Gasteiger partial charge in [-0.3, -0.25) is 4.68 Å². The molecule has 0 amide bonds. The molecule has 19 heavy (non-hydrogen) atoms. The van der Waals surface area contributed by atoms with Crippen molar-refractivity contribution in [2.75, 3.05) is 5.73 Å². The lowest BCUT2D eigenvalue weighted by Gasteiger charge is -2.05. The first-order valence-electron chi connectivity index (χ1n) is 5.51. The summed E-state index contributed by atoms with van der Waals surface area (Å²) in [5.74, 6) is 0.00739. The van der Waals surface area contributed by atoms with Crippen LogP contribution in [-0.2, 0) is 23.6 Å². The monoisotopic (exact) mass is 301 g/mol. The van der Waals surface area contributed by atoms with Gasteiger partial charge in [-0.1, -0.05) is 0 Å². The van der Waals surface area contributed by atoms with E-state index in [2.05, 4.69) is 14.8 Å². The molecule has 0 atom stereocenters. The minimum absolute atomic E-state index is 0.00739. The molecule has 3 N–H and O–H groups in total. The van der Waals surface area contributed by atoms with Gasteiger partial charge in [0.05, 0.1) is 10.7 Å². The third kappa shape index (κ3) is 2.77. The molecule has 0 aliphatic heterocycles. The molecule has 7 nitrogen and oxygen atoms in total. The molecule has 0 saturated heterocycles. The third-order valence-electron chi connectivity index (χ3n) is 2.68. The first-order valence-corrected chi connectivity index (χ1v) is 7.81. The molecule has 0 radical (unpaired) electrons. The Morgan fingerprint density at radius 1 is 1.47 bits per heavy atom. The van der Waals surface area contributed by atoms with E-state index in [9.17, 15) is 8.42 Å². The van der Waals surface area contributed by atoms with Crippen LogP contribution in [0.5, 0.6) is 0 Å². The number of aromatic nitrogens is 3. The Bertz CT molecular complexity index is 702. The Balaban J connectivity index is 2.23. The number of nitrogens with two attached hydrogens (primary N) is 1. The fraction of sp³-hybridized carbons (Fsp3) is 0.400. The van der Waals surface area contributed by atoms with Crippen molar-refractivity contribution in [1.29, 1.82) is 0 Å². The lowest BCUT2D eigenvalue weighted by atomic mass is 10.5. The lowest BCUT2D eigenvalue weighted by molar-refractivity contribution is 0.581. The third-order valence-corrected chi connectivity index (χ3v) is 5.16. The van der Waals surface area contributed by atoms with Crippen LogP contribution in [0.25, 0.3) is 0 Å². The second kappa shape index (κ2) is 4.91. The van der Waals surface area contributed by atoms with Crippen LogP contribution in [0, 0.1) is 13.8 Å². The predicted octanol–water partition coefficient (Wildman–Crippen LogP) is 0.554. The Labute approximate surface area is 115 Å². The van der Waals surface area contributed by atoms with Gasteiger partial charge in [0.25, 0.3) is 0 Å². The van der Waals surface area contributed by atoms with E-state index in [1.54, 1.807) is 20.2 Å². The highest BCUT2D eigenvalue weighted by Gasteiger charge is 2.24. The summed E-state index contributed by atoms with van der Waals surface area (Å²) in [5.41, 5.74) is 6.15. The molecular formula is C10H15N5O2S2. The topological polar surface area (TPSA) is 103 Å². The van der Waals surface area contributed by atoms with E-state index >= 15 is 0 Å². The Kier molecular flexibility index (Phi) is 3.61. The molecule has 2 rings (SSSR count). The van der Waals surface area contributed by atoms with E-state index in [-0.39, 0.29) is 17.3 Å². The maximum absolute atomic E-state index is 12.2. The van der Waals surface area contributed by atoms with Crippen LogP contribution in [-0.4, -0.2) is 23.2 Å². The molecule has 104 valence electrons. The highest BCUT2D eigenvalue weighted by Crippen LogP contribution is 2.21. The average Bonchev–Trinajstić information content (AvgIpc) is 2.82. The van der Waals surface area contributed by atoms with Crippen molar-refractivity contribution in [3.8, 4) is 0 Å². The van der Waals surface area contributed by atoms with Crippen LogP contribution in [0.4, 0.5) is 5.82 Å². The van der Waals surface area contributed by atoms with Crippen LogP contribution in [0.3, 0.4) is 0 Å². The molecule has 0 bridgehead atoms. The first kappa shape index (κ1) is 14.0. The van der Waals surface area contributed by atoms with Gasteiger partial charge in [-0.2, -0.15) is 5.10 Å². The molecule has 0 aliphatic carbocycles. The van der Waals surface area contributed by atoms with Crippen molar-refractivity contribution in [2.45, 2.75) is 25.3 Å². The van der Waals surface area contributed by atoms with Gasteiger partial charge in [0, 0.05) is 24.7 Å². The smallest absolute Gasteiger partial charge is 0.246 e. The van der Waals surface area contributed by atoms with Crippen molar-refractivity contribution in [3.63, 3.8) is 0 Å². The predicted molar refractivity (Wildman–Crippen MR) is 73.2 cm³/mol. The standard InChI is InChI=1S/C10H15N5O2S2/c1-6-9(10(11)14-15(6)3)19(16,17)13-5-8-4-12-7(2)18-8/h4,13H,5H2,1-3H3,(H2,11,14). The van der Waals surface area contributed by atoms with E-state index < -0.39 is 10.0 Å². The van der Waals surface area contributed by atoms with Crippen molar-refractivity contribution >= 4 is 27.2 Å². The minimum atomic E-state index is -3.67. The highest BCUT2D eigenvalue weighted by molar-refractivity contribution is 7.89. The number of sulfonamides is 1. The lowest BCUT2D eigenvalue weighted by Crippen LogP contribution is -2.24. The Morgan fingerprint density at radius 3 is 2.63 bits per heavy atom. The number of rotatable bonds is 4. The van der Waals surface area contributed by atoms with E-state index in [1.807, 2.05) is 6.92 Å². The molecule has 0 unspecified atom stereocenters. The van der Waals surface area contributed by atoms with E-state index in [4.69, 9.17) is 5.73 Å². The van der Waals surface area contributed by atoms with Gasteiger partial charge in [-0.05, 0) is 13.8 Å². The number of thiazole rings is 1. The molecule has 0 saturated carbocycles. The zero-order valence-corrected chi connectivity index (χ0v) is 12.5. The molecule has 2 heterocycles. The number of hydrogen-bond acceptors (Lipinski definition) is 6. The van der Waals surface area contributed by atoms with Crippen molar-refractivity contribution in [3.05, 3.63) is 21.8 Å². The summed E-state index contributed by atoms with van der Waals surface area (Å²) < 4.78 is 28.4. The van der Waals surface area contributed by atoms with Gasteiger partial charge in [-0.25, -0.2) is 18.1 Å². The number of nitrogen functional groups attached to an aromatic ring is 1. The molecule has 9 heteroatoms. The number of nitrogens with zero attached hydrogens (tertiary/aromatic N) is 3. The summed E-state index contributed by atoms with van der Waals surface area (Å²) in [6.07, 6.45) is 1.65. The first-order chi connectivity index (χ1) is 8.81. The van der Waals surface area contributed by atoms with Gasteiger partial charge in [0.2, 0.25) is 10.0 Å². The molecule has 0 fully saturated rings. The number of hydrogen-bond donors (Lipinski definition) is 2. The Morgan fingerprint density at radius 2 is 2.16 bits per heavy atom. The van der Waals surface area contributed by atoms with Crippen LogP contribution in [0.2, 0.25) is 0 Å². The Hall–Kier alpha value is -1.45. The maximum atomic E-state index is 12.2. The van der Waals surface area contributed by atoms with E-state index in [0.29, 0.717) is 5.69 Å². The van der Waals surface area contributed by atoms with Gasteiger partial charge < -0.3 is 5.73 Å². The van der Waals surface area contributed by atoms with Crippen LogP contribution in [0.15, 0.2) is 11.1 Å². The van der Waals surface area contributed by atoms with Crippen LogP contribution >= 0.6 is 11.3 Å². The number of aryl methyl sites for hydroxylation is 2. The summed E-state index contributed by atoms with van der Waals surface area (Å²) in [6, 6.07) is 0. The van der Waals surface area contributed by atoms with Gasteiger partial charge in [0.15, 0.2) is 5.82 Å². The highest BCUT2D eigenvalue weighted by atomic mass is 32.2. The molecule has 0 aromatic carbocycles. The molecule has 2 aromatic heterocycles. The second-order valence-corrected chi connectivity index (χ2v) is 7.12. The normalized spacial score (nSPS) is 11.9. The number of nitrogens with one attached hydrogen (secondary N) is 1. The van der Waals surface area contributed by atoms with Gasteiger partial charge in [0.1, 0.15) is 4.90 Å². The maximum Gasteiger partial charge on any atom is 0.246 e. The SMILES string of the molecule is Cc1ncc(CNS(=O)(=O)c2c(N)nn(C)c2C)s1. The summed E-state index contributed by atoms with van der Waals surface area (Å²) in [4.78, 5) is 4.96. The summed E-state index contributed by atoms with van der Waals surface area (Å²) >= 11 is 1.45. The van der Waals surface area contributed by atoms with Crippen LogP contribution in [0.1, 0.15) is 15.6 Å². The minimum Gasteiger partial charge on any atom is -0.381 e. The fourth-order valence-electron chi connectivity index (χ4n) is 1.67. The average molecular weight is 301 g/mol. The van der Waals surface area contributed by atoms with Crippen LogP contribution < -0.4 is 10.5 Å². The number of anilines is 1. The summed E-state index contributed by atoms with van der Waals surface area (Å²) in [7, 11) is -2.02. The van der Waals surface area contributed by atoms with Crippen molar-refractivity contribution in [2.24, 2.45) is 7.05 Å². The zero-order chi connectivity index (χ0) is 14.2. The zero-order valence-electron chi connectivity index (χ0n) is 10.8. The van der Waals surface area contributed by atoms with Crippen molar-refractivity contribution < 1.29 is 8.42 Å². The molecule has 0 spiro atoms. The quantitative estimate of drug-likeness (QED) is 0.858. The van der Waals surface area contributed by atoms with E-state index in [1.165, 1.54) is 16.0 Å². The summed E-state index contributed by atoms with van der Waals surface area (Å²) in [5, 5.41) is 4.80. The molecule has 0 aliphatic rings. The van der Waals surface area contributed by atoms with Gasteiger partial charge in [-0.15, -0.1) is 11.3 Å². The fourth-order valence-corrected chi connectivity index (χ4v) is 3.82. The molecular weight excluding hydrogens is 286 g/mol. The second-order valence-electron chi connectivity index (χ2n) is 4.09. The summed E-state index contributed by atoms with van der Waals surface area (Å²) in [6.45, 7) is 3.72. The van der Waals surface area contributed by atoms with Crippen molar-refractivity contribution in [1.82, 2.24) is 19.5 Å². The molecule has 2 aromatic rings. The van der Waals surface area contributed by atoms with Gasteiger partial charge >= 0.3 is 0 Å².